The molecule has 7 heteroatoms. The first kappa shape index (κ1) is 25.5. The van der Waals surface area contributed by atoms with Crippen LogP contribution in [0.1, 0.15) is 49.8 Å². The topological polar surface area (TPSA) is 74.8 Å². The van der Waals surface area contributed by atoms with E-state index in [2.05, 4.69) is 33.4 Å². The molecule has 37 heavy (non-hydrogen) atoms. The molecule has 1 aromatic heterocycles. The summed E-state index contributed by atoms with van der Waals surface area (Å²) in [5.74, 6) is 1.42. The third kappa shape index (κ3) is 6.77. The number of ether oxygens (including phenoxy) is 1. The van der Waals surface area contributed by atoms with E-state index >= 15 is 0 Å². The van der Waals surface area contributed by atoms with Crippen molar-refractivity contribution < 1.29 is 14.3 Å². The van der Waals surface area contributed by atoms with Crippen LogP contribution < -0.4 is 10.1 Å². The van der Waals surface area contributed by atoms with Crippen molar-refractivity contribution in [3.63, 3.8) is 0 Å². The van der Waals surface area contributed by atoms with E-state index in [1.54, 1.807) is 6.20 Å². The highest BCUT2D eigenvalue weighted by Crippen LogP contribution is 2.31. The van der Waals surface area contributed by atoms with E-state index < -0.39 is 0 Å². The van der Waals surface area contributed by atoms with Crippen molar-refractivity contribution in [1.82, 2.24) is 20.1 Å². The van der Waals surface area contributed by atoms with Crippen LogP contribution in [0.5, 0.6) is 5.75 Å². The van der Waals surface area contributed by atoms with E-state index in [-0.39, 0.29) is 23.7 Å². The van der Waals surface area contributed by atoms with Crippen LogP contribution in [0.4, 0.5) is 0 Å². The van der Waals surface area contributed by atoms with Crippen molar-refractivity contribution in [3.8, 4) is 5.75 Å². The molecule has 2 atom stereocenters. The van der Waals surface area contributed by atoms with Crippen LogP contribution in [0.25, 0.3) is 0 Å². The number of amides is 2. The molecule has 2 bridgehead atoms. The number of pyridine rings is 1. The predicted molar refractivity (Wildman–Crippen MR) is 143 cm³/mol. The molecule has 2 amide bonds. The molecular formula is C30H38N4O3. The molecule has 2 fully saturated rings. The fourth-order valence-corrected chi connectivity index (χ4v) is 5.95. The van der Waals surface area contributed by atoms with Crippen LogP contribution >= 0.6 is 0 Å². The van der Waals surface area contributed by atoms with Crippen LogP contribution in [0.2, 0.25) is 0 Å². The maximum absolute atomic E-state index is 13.5. The lowest BCUT2D eigenvalue weighted by Crippen LogP contribution is -2.49. The van der Waals surface area contributed by atoms with Gasteiger partial charge in [-0.1, -0.05) is 49.3 Å². The first-order valence-electron chi connectivity index (χ1n) is 13.7. The molecule has 5 rings (SSSR count). The van der Waals surface area contributed by atoms with Crippen molar-refractivity contribution in [1.29, 1.82) is 0 Å². The summed E-state index contributed by atoms with van der Waals surface area (Å²) in [6.07, 6.45) is 12.0. The van der Waals surface area contributed by atoms with Gasteiger partial charge in [-0.15, -0.1) is 0 Å². The number of hydrogen-bond donors (Lipinski definition) is 1. The summed E-state index contributed by atoms with van der Waals surface area (Å²) >= 11 is 0. The van der Waals surface area contributed by atoms with Crippen molar-refractivity contribution >= 4 is 11.8 Å². The summed E-state index contributed by atoms with van der Waals surface area (Å²) in [6, 6.07) is 14.3. The van der Waals surface area contributed by atoms with Gasteiger partial charge in [0.05, 0.1) is 18.8 Å². The van der Waals surface area contributed by atoms with Gasteiger partial charge in [0.25, 0.3) is 0 Å². The standard InChI is InChI=1S/C30H38N4O3/c35-29(32-19-26-10-5-6-15-31-26)18-23-14-16-33-20-24(23)9-7-17-37-28-13-4-1-8-25(28)21-34(22-30(33)36)27-11-2-3-12-27/h1,4-10,13,15,23-24,27H,2-3,11-12,14,16-22H2,(H,32,35)/b9-7-/t23-,24-/m0/s1. The molecule has 1 aliphatic carbocycles. The van der Waals surface area contributed by atoms with E-state index in [1.165, 1.54) is 12.8 Å². The predicted octanol–water partition coefficient (Wildman–Crippen LogP) is 3.95. The van der Waals surface area contributed by atoms with Gasteiger partial charge in [-0.3, -0.25) is 19.5 Å². The van der Waals surface area contributed by atoms with Gasteiger partial charge in [-0.05, 0) is 49.3 Å². The Morgan fingerprint density at radius 1 is 1.05 bits per heavy atom. The van der Waals surface area contributed by atoms with Gasteiger partial charge in [0.15, 0.2) is 0 Å². The largest absolute Gasteiger partial charge is 0.489 e. The molecule has 0 spiro atoms. The van der Waals surface area contributed by atoms with E-state index in [4.69, 9.17) is 4.74 Å². The Morgan fingerprint density at radius 2 is 1.89 bits per heavy atom. The number of fused-ring (bicyclic) bond motifs is 3. The van der Waals surface area contributed by atoms with E-state index in [9.17, 15) is 9.59 Å². The molecule has 2 aliphatic heterocycles. The molecular weight excluding hydrogens is 464 g/mol. The second kappa shape index (κ2) is 12.4. The molecule has 1 saturated carbocycles. The average molecular weight is 503 g/mol. The van der Waals surface area contributed by atoms with Gasteiger partial charge < -0.3 is 15.0 Å². The third-order valence-electron chi connectivity index (χ3n) is 8.04. The van der Waals surface area contributed by atoms with Gasteiger partial charge in [0, 0.05) is 43.9 Å². The summed E-state index contributed by atoms with van der Waals surface area (Å²) < 4.78 is 6.18. The highest BCUT2D eigenvalue weighted by atomic mass is 16.5. The van der Waals surface area contributed by atoms with E-state index in [1.807, 2.05) is 41.3 Å². The SMILES string of the molecule is O=C(C[C@@H]1CCN2C[C@@H]1/C=C\COc1ccccc1CN(C1CCCC1)CC2=O)NCc1ccccn1. The number of benzene rings is 1. The Labute approximate surface area is 219 Å². The minimum atomic E-state index is 0.0318. The highest BCUT2D eigenvalue weighted by molar-refractivity contribution is 5.79. The summed E-state index contributed by atoms with van der Waals surface area (Å²) in [6.45, 7) is 3.43. The number of nitrogens with one attached hydrogen (secondary N) is 1. The van der Waals surface area contributed by atoms with Gasteiger partial charge in [-0.25, -0.2) is 0 Å². The zero-order valence-electron chi connectivity index (χ0n) is 21.6. The van der Waals surface area contributed by atoms with Crippen LogP contribution in [0.3, 0.4) is 0 Å². The summed E-state index contributed by atoms with van der Waals surface area (Å²) in [5.41, 5.74) is 1.98. The molecule has 0 unspecified atom stereocenters. The molecule has 7 nitrogen and oxygen atoms in total. The monoisotopic (exact) mass is 502 g/mol. The molecule has 1 saturated heterocycles. The number of nitrogens with zero attached hydrogens (tertiary/aromatic N) is 3. The fraction of sp³-hybridized carbons (Fsp3) is 0.500. The highest BCUT2D eigenvalue weighted by Gasteiger charge is 2.33. The lowest BCUT2D eigenvalue weighted by molar-refractivity contribution is -0.135. The van der Waals surface area contributed by atoms with Gasteiger partial charge in [0.1, 0.15) is 12.4 Å². The molecule has 1 N–H and O–H groups in total. The van der Waals surface area contributed by atoms with Gasteiger partial charge >= 0.3 is 0 Å². The van der Waals surface area contributed by atoms with E-state index in [0.717, 1.165) is 42.8 Å². The molecule has 0 radical (unpaired) electrons. The number of rotatable bonds is 5. The van der Waals surface area contributed by atoms with Crippen LogP contribution in [0, 0.1) is 11.8 Å². The maximum atomic E-state index is 13.5. The zero-order chi connectivity index (χ0) is 25.5. The number of piperidine rings is 1. The molecule has 3 heterocycles. The lowest BCUT2D eigenvalue weighted by Gasteiger charge is -2.38. The summed E-state index contributed by atoms with van der Waals surface area (Å²) in [4.78, 5) is 35.0. The molecule has 196 valence electrons. The number of para-hydroxylation sites is 1. The number of hydrogen-bond acceptors (Lipinski definition) is 5. The smallest absolute Gasteiger partial charge is 0.236 e. The Balaban J connectivity index is 1.29. The Hall–Kier alpha value is -3.19. The first-order valence-corrected chi connectivity index (χ1v) is 13.7. The third-order valence-corrected chi connectivity index (χ3v) is 8.04. The number of carbonyl (C=O) groups is 2. The van der Waals surface area contributed by atoms with Gasteiger partial charge in [-0.2, -0.15) is 0 Å². The van der Waals surface area contributed by atoms with Crippen LogP contribution in [0.15, 0.2) is 60.8 Å². The molecule has 2 aromatic rings. The number of carbonyl (C=O) groups excluding carboxylic acids is 2. The normalized spacial score (nSPS) is 24.2. The number of aromatic nitrogens is 1. The lowest BCUT2D eigenvalue weighted by atomic mass is 9.82. The zero-order valence-corrected chi connectivity index (χ0v) is 21.6. The minimum Gasteiger partial charge on any atom is -0.489 e. The second-order valence-electron chi connectivity index (χ2n) is 10.5. The molecule has 3 aliphatic rings. The first-order chi connectivity index (χ1) is 18.2. The minimum absolute atomic E-state index is 0.0318. The quantitative estimate of drug-likeness (QED) is 0.627. The van der Waals surface area contributed by atoms with Crippen molar-refractivity contribution in [3.05, 3.63) is 72.1 Å². The Bertz CT molecular complexity index is 1080. The van der Waals surface area contributed by atoms with E-state index in [0.29, 0.717) is 45.2 Å². The average Bonchev–Trinajstić information content (AvgIpc) is 3.46. The molecule has 1 aromatic carbocycles. The Kier molecular flexibility index (Phi) is 8.51. The van der Waals surface area contributed by atoms with Gasteiger partial charge in [0.2, 0.25) is 11.8 Å². The summed E-state index contributed by atoms with van der Waals surface area (Å²) in [5, 5.41) is 3.02. The van der Waals surface area contributed by atoms with Crippen molar-refractivity contribution in [2.75, 3.05) is 26.2 Å². The van der Waals surface area contributed by atoms with Crippen molar-refractivity contribution in [2.45, 2.75) is 57.7 Å². The van der Waals surface area contributed by atoms with Crippen LogP contribution in [-0.4, -0.2) is 58.9 Å². The summed E-state index contributed by atoms with van der Waals surface area (Å²) in [7, 11) is 0. The van der Waals surface area contributed by atoms with Crippen LogP contribution in [-0.2, 0) is 22.7 Å². The Morgan fingerprint density at radius 3 is 2.73 bits per heavy atom. The van der Waals surface area contributed by atoms with Crippen molar-refractivity contribution in [2.24, 2.45) is 11.8 Å². The second-order valence-corrected chi connectivity index (χ2v) is 10.5. The maximum Gasteiger partial charge on any atom is 0.236 e. The fourth-order valence-electron chi connectivity index (χ4n) is 5.95.